The van der Waals surface area contributed by atoms with Crippen molar-refractivity contribution in [3.05, 3.63) is 89.6 Å². The van der Waals surface area contributed by atoms with Gasteiger partial charge in [0.1, 0.15) is 11.6 Å². The quantitative estimate of drug-likeness (QED) is 0.365. The minimum Gasteiger partial charge on any atom is -0.496 e. The largest absolute Gasteiger partial charge is 0.496 e. The monoisotopic (exact) mass is 406 g/mol. The first-order valence-corrected chi connectivity index (χ1v) is 9.38. The Labute approximate surface area is 176 Å². The lowest BCUT2D eigenvalue weighted by molar-refractivity contribution is -0.134. The van der Waals surface area contributed by atoms with E-state index in [1.807, 2.05) is 60.7 Å². The van der Waals surface area contributed by atoms with E-state index in [0.29, 0.717) is 12.4 Å². The molecule has 0 fully saturated rings. The number of pyridine rings is 1. The van der Waals surface area contributed by atoms with Crippen molar-refractivity contribution in [2.24, 2.45) is 0 Å². The number of methoxy groups -OCH3 is 1. The Hall–Kier alpha value is -3.87. The number of hydrogen-bond acceptors (Lipinski definition) is 4. The average molecular weight is 406 g/mol. The second-order valence-corrected chi connectivity index (χ2v) is 6.36. The third-order valence-corrected chi connectivity index (χ3v) is 3.94. The number of hydrogen-bond donors (Lipinski definition) is 4. The fourth-order valence-corrected chi connectivity index (χ4v) is 2.66. The first-order valence-electron chi connectivity index (χ1n) is 9.38. The van der Waals surface area contributed by atoms with Gasteiger partial charge in [0.05, 0.1) is 7.11 Å². The molecule has 0 atom stereocenters. The third-order valence-electron chi connectivity index (χ3n) is 3.94. The fraction of sp³-hybridized carbons (Fsp3) is 0.174. The van der Waals surface area contributed by atoms with E-state index in [0.717, 1.165) is 30.4 Å². The average Bonchev–Trinajstić information content (AvgIpc) is 2.73. The standard InChI is InChI=1S/C21H22N4O.C2H4O2/c1-26-19-12-6-5-10-17(19)15-23-21(22)25-20-13-7-11-18(24-20)14-16-8-3-2-4-9-16;1-2(3)4/h2-13H,14-15H2,1H3,(H3,22,23,24,25);1H3,(H,3,4). The Balaban J connectivity index is 0.000000735. The number of rotatable bonds is 6. The van der Waals surface area contributed by atoms with Gasteiger partial charge in [-0.05, 0) is 23.8 Å². The highest BCUT2D eigenvalue weighted by molar-refractivity contribution is 5.90. The van der Waals surface area contributed by atoms with Gasteiger partial charge >= 0.3 is 0 Å². The highest BCUT2D eigenvalue weighted by Crippen LogP contribution is 2.16. The Bertz CT molecular complexity index is 957. The molecule has 0 unspecified atom stereocenters. The first-order chi connectivity index (χ1) is 14.5. The fourth-order valence-electron chi connectivity index (χ4n) is 2.66. The molecular formula is C23H26N4O3. The molecule has 30 heavy (non-hydrogen) atoms. The van der Waals surface area contributed by atoms with Gasteiger partial charge in [-0.15, -0.1) is 0 Å². The Morgan fingerprint density at radius 2 is 1.70 bits per heavy atom. The van der Waals surface area contributed by atoms with Gasteiger partial charge in [0.25, 0.3) is 5.97 Å². The van der Waals surface area contributed by atoms with Crippen LogP contribution in [0.1, 0.15) is 23.7 Å². The zero-order valence-corrected chi connectivity index (χ0v) is 17.1. The number of aromatic nitrogens is 1. The van der Waals surface area contributed by atoms with Gasteiger partial charge in [-0.1, -0.05) is 54.6 Å². The van der Waals surface area contributed by atoms with Crippen LogP contribution < -0.4 is 15.4 Å². The van der Waals surface area contributed by atoms with E-state index in [-0.39, 0.29) is 5.96 Å². The summed E-state index contributed by atoms with van der Waals surface area (Å²) in [7, 11) is 1.64. The summed E-state index contributed by atoms with van der Waals surface area (Å²) >= 11 is 0. The molecule has 0 saturated heterocycles. The van der Waals surface area contributed by atoms with E-state index < -0.39 is 5.97 Å². The second-order valence-electron chi connectivity index (χ2n) is 6.36. The minimum atomic E-state index is -0.833. The molecule has 1 aromatic heterocycles. The van der Waals surface area contributed by atoms with Crippen molar-refractivity contribution in [1.82, 2.24) is 10.3 Å². The third kappa shape index (κ3) is 8.02. The van der Waals surface area contributed by atoms with Crippen LogP contribution in [0.2, 0.25) is 0 Å². The maximum Gasteiger partial charge on any atom is 0.300 e. The molecule has 156 valence electrons. The molecule has 0 radical (unpaired) electrons. The van der Waals surface area contributed by atoms with Crippen molar-refractivity contribution in [3.8, 4) is 5.75 Å². The predicted octanol–water partition coefficient (Wildman–Crippen LogP) is 3.91. The maximum absolute atomic E-state index is 9.00. The number of ether oxygens (including phenoxy) is 1. The normalized spacial score (nSPS) is 9.67. The number of nitrogens with one attached hydrogen (secondary N) is 3. The Morgan fingerprint density at radius 3 is 2.40 bits per heavy atom. The van der Waals surface area contributed by atoms with E-state index in [2.05, 4.69) is 27.8 Å². The molecule has 0 bridgehead atoms. The summed E-state index contributed by atoms with van der Waals surface area (Å²) in [6, 6.07) is 23.8. The molecule has 3 rings (SSSR count). The van der Waals surface area contributed by atoms with Gasteiger partial charge in [0, 0.05) is 31.1 Å². The molecule has 2 aromatic carbocycles. The molecule has 1 heterocycles. The number of benzene rings is 2. The lowest BCUT2D eigenvalue weighted by atomic mass is 10.1. The minimum absolute atomic E-state index is 0.195. The Morgan fingerprint density at radius 1 is 1.03 bits per heavy atom. The van der Waals surface area contributed by atoms with Gasteiger partial charge in [-0.25, -0.2) is 4.98 Å². The van der Waals surface area contributed by atoms with Crippen LogP contribution in [-0.4, -0.2) is 29.1 Å². The van der Waals surface area contributed by atoms with Crippen LogP contribution in [0.15, 0.2) is 72.8 Å². The van der Waals surface area contributed by atoms with E-state index in [1.54, 1.807) is 7.11 Å². The molecule has 7 heteroatoms. The van der Waals surface area contributed by atoms with Crippen LogP contribution in [0.5, 0.6) is 5.75 Å². The van der Waals surface area contributed by atoms with Crippen molar-refractivity contribution in [3.63, 3.8) is 0 Å². The molecule has 0 aliphatic heterocycles. The summed E-state index contributed by atoms with van der Waals surface area (Å²) in [6.45, 7) is 1.58. The molecule has 0 spiro atoms. The molecule has 0 amide bonds. The van der Waals surface area contributed by atoms with Crippen LogP contribution in [0, 0.1) is 5.41 Å². The number of aliphatic carboxylic acids is 1. The number of guanidine groups is 1. The van der Waals surface area contributed by atoms with Crippen molar-refractivity contribution in [2.75, 3.05) is 12.4 Å². The van der Waals surface area contributed by atoms with Gasteiger partial charge in [0.15, 0.2) is 5.96 Å². The first kappa shape index (κ1) is 22.4. The number of anilines is 1. The SMILES string of the molecule is CC(=O)O.COc1ccccc1CNC(=N)Nc1cccc(Cc2ccccc2)n1. The summed E-state index contributed by atoms with van der Waals surface area (Å²) < 4.78 is 5.32. The molecule has 0 saturated carbocycles. The van der Waals surface area contributed by atoms with Crippen LogP contribution in [0.4, 0.5) is 5.82 Å². The molecule has 3 aromatic rings. The van der Waals surface area contributed by atoms with Crippen LogP contribution in [0.3, 0.4) is 0 Å². The van der Waals surface area contributed by atoms with E-state index in [9.17, 15) is 0 Å². The maximum atomic E-state index is 9.00. The van der Waals surface area contributed by atoms with Crippen LogP contribution in [0.25, 0.3) is 0 Å². The lowest BCUT2D eigenvalue weighted by Crippen LogP contribution is -2.29. The van der Waals surface area contributed by atoms with Crippen LogP contribution >= 0.6 is 0 Å². The molecule has 0 aliphatic carbocycles. The van der Waals surface area contributed by atoms with Gasteiger partial charge in [-0.2, -0.15) is 0 Å². The van der Waals surface area contributed by atoms with Crippen molar-refractivity contribution < 1.29 is 14.6 Å². The topological polar surface area (TPSA) is 107 Å². The number of nitrogens with zero attached hydrogens (tertiary/aromatic N) is 1. The highest BCUT2D eigenvalue weighted by atomic mass is 16.5. The zero-order valence-electron chi connectivity index (χ0n) is 17.1. The zero-order chi connectivity index (χ0) is 21.8. The number of carboxylic acid groups (broad SMARTS) is 1. The number of para-hydroxylation sites is 1. The van der Waals surface area contributed by atoms with Crippen LogP contribution in [-0.2, 0) is 17.8 Å². The lowest BCUT2D eigenvalue weighted by Gasteiger charge is -2.12. The van der Waals surface area contributed by atoms with E-state index in [1.165, 1.54) is 5.56 Å². The number of carboxylic acids is 1. The summed E-state index contributed by atoms with van der Waals surface area (Å²) in [5.41, 5.74) is 3.16. The van der Waals surface area contributed by atoms with Gasteiger partial charge in [-0.3, -0.25) is 10.2 Å². The van der Waals surface area contributed by atoms with Crippen molar-refractivity contribution in [2.45, 2.75) is 19.9 Å². The summed E-state index contributed by atoms with van der Waals surface area (Å²) in [6.07, 6.45) is 0.762. The van der Waals surface area contributed by atoms with Gasteiger partial charge < -0.3 is 20.5 Å². The van der Waals surface area contributed by atoms with E-state index >= 15 is 0 Å². The summed E-state index contributed by atoms with van der Waals surface area (Å²) in [5, 5.41) is 21.5. The second kappa shape index (κ2) is 11.9. The Kier molecular flexibility index (Phi) is 8.86. The number of carbonyl (C=O) groups is 1. The van der Waals surface area contributed by atoms with E-state index in [4.69, 9.17) is 20.0 Å². The van der Waals surface area contributed by atoms with Gasteiger partial charge in [0.2, 0.25) is 0 Å². The smallest absolute Gasteiger partial charge is 0.300 e. The molecular weight excluding hydrogens is 380 g/mol. The van der Waals surface area contributed by atoms with Crippen molar-refractivity contribution >= 4 is 17.7 Å². The predicted molar refractivity (Wildman–Crippen MR) is 118 cm³/mol. The molecule has 0 aliphatic rings. The molecule has 7 nitrogen and oxygen atoms in total. The van der Waals surface area contributed by atoms with Crippen molar-refractivity contribution in [1.29, 1.82) is 5.41 Å². The highest BCUT2D eigenvalue weighted by Gasteiger charge is 2.05. The summed E-state index contributed by atoms with van der Waals surface area (Å²) in [4.78, 5) is 13.6. The molecule has 4 N–H and O–H groups in total. The summed E-state index contributed by atoms with van der Waals surface area (Å²) in [5.74, 6) is 0.812.